The lowest BCUT2D eigenvalue weighted by Gasteiger charge is -2.16. The fraction of sp³-hybridized carbons (Fsp3) is 0.235. The van der Waals surface area contributed by atoms with Crippen LogP contribution in [0.5, 0.6) is 0 Å². The van der Waals surface area contributed by atoms with Crippen LogP contribution in [0, 0.1) is 0 Å². The molecule has 23 heavy (non-hydrogen) atoms. The van der Waals surface area contributed by atoms with E-state index in [1.807, 2.05) is 26.0 Å². The lowest BCUT2D eigenvalue weighted by atomic mass is 10.0. The van der Waals surface area contributed by atoms with Crippen molar-refractivity contribution >= 4 is 21.7 Å². The van der Waals surface area contributed by atoms with Crippen LogP contribution < -0.4 is 4.72 Å². The van der Waals surface area contributed by atoms with E-state index >= 15 is 0 Å². The molecule has 0 amide bonds. The molecular weight excluding hydrogens is 314 g/mol. The number of anilines is 1. The summed E-state index contributed by atoms with van der Waals surface area (Å²) in [4.78, 5) is 11.7. The van der Waals surface area contributed by atoms with Crippen molar-refractivity contribution < 1.29 is 17.9 Å². The van der Waals surface area contributed by atoms with Gasteiger partial charge in [0.25, 0.3) is 10.0 Å². The van der Waals surface area contributed by atoms with Crippen molar-refractivity contribution in [2.45, 2.75) is 24.7 Å². The van der Waals surface area contributed by atoms with Crippen molar-refractivity contribution in [1.29, 1.82) is 0 Å². The van der Waals surface area contributed by atoms with Crippen molar-refractivity contribution in [3.05, 3.63) is 59.7 Å². The van der Waals surface area contributed by atoms with Gasteiger partial charge in [0.15, 0.2) is 0 Å². The number of hydrogen-bond acceptors (Lipinski definition) is 4. The number of carbonyl (C=O) groups is 1. The van der Waals surface area contributed by atoms with Crippen LogP contribution in [-0.2, 0) is 14.8 Å². The Bertz CT molecular complexity index is 813. The number of benzene rings is 2. The Morgan fingerprint density at radius 2 is 1.65 bits per heavy atom. The first kappa shape index (κ1) is 17.0. The van der Waals surface area contributed by atoms with Crippen molar-refractivity contribution in [1.82, 2.24) is 0 Å². The minimum Gasteiger partial charge on any atom is -0.465 e. The zero-order valence-electron chi connectivity index (χ0n) is 13.2. The van der Waals surface area contributed by atoms with Crippen LogP contribution in [0.1, 0.15) is 35.7 Å². The second-order valence-corrected chi connectivity index (χ2v) is 6.99. The predicted octanol–water partition coefficient (Wildman–Crippen LogP) is 3.40. The van der Waals surface area contributed by atoms with Gasteiger partial charge in [0.2, 0.25) is 0 Å². The quantitative estimate of drug-likeness (QED) is 0.851. The van der Waals surface area contributed by atoms with Crippen molar-refractivity contribution in [2.75, 3.05) is 11.8 Å². The molecule has 2 rings (SSSR count). The van der Waals surface area contributed by atoms with Crippen LogP contribution in [0.25, 0.3) is 0 Å². The van der Waals surface area contributed by atoms with Gasteiger partial charge in [-0.05, 0) is 29.7 Å². The topological polar surface area (TPSA) is 72.5 Å². The van der Waals surface area contributed by atoms with Gasteiger partial charge in [0, 0.05) is 0 Å². The van der Waals surface area contributed by atoms with E-state index in [9.17, 15) is 13.2 Å². The van der Waals surface area contributed by atoms with Crippen LogP contribution in [0.2, 0.25) is 0 Å². The SMILES string of the molecule is COC(=O)c1ccccc1S(=O)(=O)Nc1ccccc1C(C)C. The fourth-order valence-corrected chi connectivity index (χ4v) is 3.56. The van der Waals surface area contributed by atoms with Crippen molar-refractivity contribution in [3.63, 3.8) is 0 Å². The Balaban J connectivity index is 2.47. The minimum absolute atomic E-state index is 0.00419. The van der Waals surface area contributed by atoms with Crippen LogP contribution in [-0.4, -0.2) is 21.5 Å². The van der Waals surface area contributed by atoms with Crippen molar-refractivity contribution in [3.8, 4) is 0 Å². The maximum atomic E-state index is 12.7. The van der Waals surface area contributed by atoms with Gasteiger partial charge in [-0.15, -0.1) is 0 Å². The summed E-state index contributed by atoms with van der Waals surface area (Å²) >= 11 is 0. The van der Waals surface area contributed by atoms with Gasteiger partial charge in [0.1, 0.15) is 4.90 Å². The van der Waals surface area contributed by atoms with Gasteiger partial charge < -0.3 is 4.74 Å². The summed E-state index contributed by atoms with van der Waals surface area (Å²) in [5.41, 5.74) is 1.39. The average molecular weight is 333 g/mol. The predicted molar refractivity (Wildman–Crippen MR) is 89.1 cm³/mol. The number of carbonyl (C=O) groups excluding carboxylic acids is 1. The summed E-state index contributed by atoms with van der Waals surface area (Å²) in [7, 11) is -2.69. The van der Waals surface area contributed by atoms with Crippen LogP contribution in [0.15, 0.2) is 53.4 Å². The summed E-state index contributed by atoms with van der Waals surface area (Å²) in [5.74, 6) is -0.534. The van der Waals surface area contributed by atoms with Gasteiger partial charge >= 0.3 is 5.97 Å². The molecule has 0 heterocycles. The number of nitrogens with one attached hydrogen (secondary N) is 1. The molecule has 0 unspecified atom stereocenters. The van der Waals surface area contributed by atoms with E-state index in [1.54, 1.807) is 24.3 Å². The number of esters is 1. The van der Waals surface area contributed by atoms with Crippen LogP contribution in [0.4, 0.5) is 5.69 Å². The Kier molecular flexibility index (Phi) is 5.05. The standard InChI is InChI=1S/C17H19NO4S/c1-12(2)13-8-4-6-10-15(13)18-23(20,21)16-11-7-5-9-14(16)17(19)22-3/h4-12,18H,1-3H3. The zero-order valence-corrected chi connectivity index (χ0v) is 14.1. The number of ether oxygens (including phenoxy) is 1. The molecule has 0 bridgehead atoms. The van der Waals surface area contributed by atoms with Gasteiger partial charge in [-0.2, -0.15) is 0 Å². The minimum atomic E-state index is -3.91. The van der Waals surface area contributed by atoms with E-state index in [2.05, 4.69) is 9.46 Å². The first-order valence-electron chi connectivity index (χ1n) is 7.16. The lowest BCUT2D eigenvalue weighted by molar-refractivity contribution is 0.0596. The second kappa shape index (κ2) is 6.83. The van der Waals surface area contributed by atoms with E-state index in [-0.39, 0.29) is 16.4 Å². The lowest BCUT2D eigenvalue weighted by Crippen LogP contribution is -2.18. The molecule has 0 aliphatic rings. The smallest absolute Gasteiger partial charge is 0.339 e. The summed E-state index contributed by atoms with van der Waals surface area (Å²) in [6.07, 6.45) is 0. The molecule has 2 aromatic carbocycles. The fourth-order valence-electron chi connectivity index (χ4n) is 2.27. The molecule has 122 valence electrons. The molecule has 0 fully saturated rings. The molecule has 0 radical (unpaired) electrons. The number of sulfonamides is 1. The summed E-state index contributed by atoms with van der Waals surface area (Å²) in [6, 6.07) is 13.2. The molecule has 2 aromatic rings. The Morgan fingerprint density at radius 3 is 2.30 bits per heavy atom. The van der Waals surface area contributed by atoms with Gasteiger partial charge in [0.05, 0.1) is 18.4 Å². The monoisotopic (exact) mass is 333 g/mol. The highest BCUT2D eigenvalue weighted by atomic mass is 32.2. The first-order valence-corrected chi connectivity index (χ1v) is 8.64. The number of hydrogen-bond donors (Lipinski definition) is 1. The first-order chi connectivity index (χ1) is 10.9. The maximum Gasteiger partial charge on any atom is 0.339 e. The molecule has 0 saturated heterocycles. The Morgan fingerprint density at radius 1 is 1.04 bits per heavy atom. The van der Waals surface area contributed by atoms with Crippen LogP contribution >= 0.6 is 0 Å². The molecule has 0 saturated carbocycles. The summed E-state index contributed by atoms with van der Waals surface area (Å²) < 4.78 is 32.6. The highest BCUT2D eigenvalue weighted by Gasteiger charge is 2.23. The number of methoxy groups -OCH3 is 1. The Labute approximate surface area is 136 Å². The summed E-state index contributed by atoms with van der Waals surface area (Å²) in [5, 5.41) is 0. The third-order valence-corrected chi connectivity index (χ3v) is 4.83. The highest BCUT2D eigenvalue weighted by Crippen LogP contribution is 2.27. The van der Waals surface area contributed by atoms with E-state index < -0.39 is 16.0 Å². The van der Waals surface area contributed by atoms with E-state index in [0.29, 0.717) is 5.69 Å². The van der Waals surface area contributed by atoms with E-state index in [0.717, 1.165) is 5.56 Å². The molecule has 6 heteroatoms. The zero-order chi connectivity index (χ0) is 17.0. The highest BCUT2D eigenvalue weighted by molar-refractivity contribution is 7.92. The maximum absolute atomic E-state index is 12.7. The average Bonchev–Trinajstić information content (AvgIpc) is 2.54. The van der Waals surface area contributed by atoms with Gasteiger partial charge in [-0.25, -0.2) is 13.2 Å². The third kappa shape index (κ3) is 3.71. The number of rotatable bonds is 5. The molecule has 0 aliphatic carbocycles. The molecule has 0 atom stereocenters. The molecular formula is C17H19NO4S. The van der Waals surface area contributed by atoms with Gasteiger partial charge in [-0.1, -0.05) is 44.2 Å². The van der Waals surface area contributed by atoms with E-state index in [1.165, 1.54) is 19.2 Å². The third-order valence-electron chi connectivity index (χ3n) is 3.41. The Hall–Kier alpha value is -2.34. The molecule has 0 aromatic heterocycles. The largest absolute Gasteiger partial charge is 0.465 e. The number of para-hydroxylation sites is 1. The molecule has 0 spiro atoms. The summed E-state index contributed by atoms with van der Waals surface area (Å²) in [6.45, 7) is 3.96. The van der Waals surface area contributed by atoms with E-state index in [4.69, 9.17) is 0 Å². The van der Waals surface area contributed by atoms with Crippen LogP contribution in [0.3, 0.4) is 0 Å². The van der Waals surface area contributed by atoms with Crippen molar-refractivity contribution in [2.24, 2.45) is 0 Å². The normalized spacial score (nSPS) is 11.3. The molecule has 5 nitrogen and oxygen atoms in total. The molecule has 1 N–H and O–H groups in total. The van der Waals surface area contributed by atoms with Gasteiger partial charge in [-0.3, -0.25) is 4.72 Å². The molecule has 0 aliphatic heterocycles. The second-order valence-electron chi connectivity index (χ2n) is 5.34.